The van der Waals surface area contributed by atoms with E-state index in [4.69, 9.17) is 4.84 Å². The molecule has 0 aliphatic rings. The molecule has 0 radical (unpaired) electrons. The van der Waals surface area contributed by atoms with Crippen LogP contribution < -0.4 is 5.48 Å². The molecule has 0 fully saturated rings. The zero-order valence-electron chi connectivity index (χ0n) is 12.3. The van der Waals surface area contributed by atoms with Crippen molar-refractivity contribution in [3.05, 3.63) is 71.8 Å². The summed E-state index contributed by atoms with van der Waals surface area (Å²) in [5.41, 5.74) is 4.42. The molecule has 2 aromatic carbocycles. The van der Waals surface area contributed by atoms with E-state index in [-0.39, 0.29) is 12.0 Å². The first-order chi connectivity index (χ1) is 10.2. The van der Waals surface area contributed by atoms with Crippen molar-refractivity contribution in [3.63, 3.8) is 0 Å². The first-order valence-electron chi connectivity index (χ1n) is 6.90. The Bertz CT molecular complexity index is 558. The minimum atomic E-state index is -0.214. The van der Waals surface area contributed by atoms with Gasteiger partial charge in [0.1, 0.15) is 6.10 Å². The van der Waals surface area contributed by atoms with Crippen LogP contribution in [0, 0.1) is 0 Å². The highest BCUT2D eigenvalue weighted by Crippen LogP contribution is 2.18. The largest absolute Gasteiger partial charge is 0.339 e. The molecule has 0 saturated heterocycles. The van der Waals surface area contributed by atoms with Crippen LogP contribution in [0.25, 0.3) is 0 Å². The van der Waals surface area contributed by atoms with Crippen LogP contribution in [0.2, 0.25) is 0 Å². The average Bonchev–Trinajstić information content (AvgIpc) is 2.55. The third-order valence-electron chi connectivity index (χ3n) is 3.24. The van der Waals surface area contributed by atoms with Crippen molar-refractivity contribution in [2.45, 2.75) is 6.10 Å². The van der Waals surface area contributed by atoms with E-state index in [0.29, 0.717) is 12.1 Å². The third kappa shape index (κ3) is 4.15. The van der Waals surface area contributed by atoms with E-state index in [2.05, 4.69) is 5.48 Å². The number of carbonyl (C=O) groups is 1. The zero-order valence-corrected chi connectivity index (χ0v) is 12.3. The number of hydrogen-bond donors (Lipinski definition) is 1. The van der Waals surface area contributed by atoms with Crippen LogP contribution in [0.3, 0.4) is 0 Å². The van der Waals surface area contributed by atoms with Crippen LogP contribution in [0.15, 0.2) is 60.7 Å². The quantitative estimate of drug-likeness (QED) is 0.829. The van der Waals surface area contributed by atoms with Gasteiger partial charge in [0.25, 0.3) is 5.91 Å². The van der Waals surface area contributed by atoms with Gasteiger partial charge in [0.15, 0.2) is 0 Å². The Kier molecular flexibility index (Phi) is 5.49. The Morgan fingerprint density at radius 2 is 1.67 bits per heavy atom. The molecule has 0 heterocycles. The number of rotatable bonds is 6. The summed E-state index contributed by atoms with van der Waals surface area (Å²) >= 11 is 0. The molecule has 1 amide bonds. The van der Waals surface area contributed by atoms with Crippen molar-refractivity contribution in [2.75, 3.05) is 20.6 Å². The maximum atomic E-state index is 12.4. The summed E-state index contributed by atoms with van der Waals surface area (Å²) in [5, 5.41) is 0. The van der Waals surface area contributed by atoms with E-state index in [1.165, 1.54) is 0 Å². The number of benzene rings is 2. The maximum Gasteiger partial charge on any atom is 0.253 e. The predicted molar refractivity (Wildman–Crippen MR) is 82.7 cm³/mol. The lowest BCUT2D eigenvalue weighted by Gasteiger charge is -2.24. The molecule has 4 heteroatoms. The standard InChI is InChI=1S/C17H20N2O2/c1-18-21-16(14-9-5-3-6-10-14)13-19(2)17(20)15-11-7-4-8-12-15/h3-12,16,18H,13H2,1-2H3. The van der Waals surface area contributed by atoms with Gasteiger partial charge in [-0.05, 0) is 17.7 Å². The fraction of sp³-hybridized carbons (Fsp3) is 0.235. The minimum absolute atomic E-state index is 0.0174. The highest BCUT2D eigenvalue weighted by molar-refractivity contribution is 5.94. The fourth-order valence-electron chi connectivity index (χ4n) is 2.15. The van der Waals surface area contributed by atoms with Gasteiger partial charge in [-0.1, -0.05) is 48.5 Å². The van der Waals surface area contributed by atoms with Crippen LogP contribution in [0.1, 0.15) is 22.0 Å². The first kappa shape index (κ1) is 15.2. The maximum absolute atomic E-state index is 12.4. The summed E-state index contributed by atoms with van der Waals surface area (Å²) < 4.78 is 0. The van der Waals surface area contributed by atoms with Crippen molar-refractivity contribution in [3.8, 4) is 0 Å². The topological polar surface area (TPSA) is 41.6 Å². The molecule has 1 N–H and O–H groups in total. The number of carbonyl (C=O) groups excluding carboxylic acids is 1. The molecule has 21 heavy (non-hydrogen) atoms. The minimum Gasteiger partial charge on any atom is -0.339 e. The smallest absolute Gasteiger partial charge is 0.253 e. The summed E-state index contributed by atoms with van der Waals surface area (Å²) in [6.45, 7) is 0.471. The van der Waals surface area contributed by atoms with Crippen LogP contribution >= 0.6 is 0 Å². The monoisotopic (exact) mass is 284 g/mol. The van der Waals surface area contributed by atoms with E-state index in [1.807, 2.05) is 60.7 Å². The SMILES string of the molecule is CNOC(CN(C)C(=O)c1ccccc1)c1ccccc1. The molecule has 1 unspecified atom stereocenters. The Hall–Kier alpha value is -2.17. The molecule has 0 aliphatic carbocycles. The molecule has 4 nitrogen and oxygen atoms in total. The molecule has 0 bridgehead atoms. The van der Waals surface area contributed by atoms with Gasteiger partial charge in [-0.15, -0.1) is 0 Å². The average molecular weight is 284 g/mol. The number of nitrogens with zero attached hydrogens (tertiary/aromatic N) is 1. The van der Waals surface area contributed by atoms with Gasteiger partial charge >= 0.3 is 0 Å². The van der Waals surface area contributed by atoms with Gasteiger partial charge in [0.05, 0.1) is 6.54 Å². The Morgan fingerprint density at radius 3 is 2.24 bits per heavy atom. The molecule has 2 rings (SSSR count). The second-order valence-electron chi connectivity index (χ2n) is 4.77. The number of hydrogen-bond acceptors (Lipinski definition) is 3. The molecular formula is C17H20N2O2. The normalized spacial score (nSPS) is 11.9. The van der Waals surface area contributed by atoms with Crippen LogP contribution in [-0.2, 0) is 4.84 Å². The van der Waals surface area contributed by atoms with Gasteiger partial charge in [-0.3, -0.25) is 9.63 Å². The Labute approximate surface area is 125 Å². The van der Waals surface area contributed by atoms with E-state index in [0.717, 1.165) is 5.56 Å². The molecule has 2 aromatic rings. The second kappa shape index (κ2) is 7.57. The summed E-state index contributed by atoms with van der Waals surface area (Å²) in [7, 11) is 3.50. The van der Waals surface area contributed by atoms with Gasteiger partial charge in [0.2, 0.25) is 0 Å². The molecule has 1 atom stereocenters. The van der Waals surface area contributed by atoms with Gasteiger partial charge < -0.3 is 4.90 Å². The molecular weight excluding hydrogens is 264 g/mol. The van der Waals surface area contributed by atoms with E-state index in [9.17, 15) is 4.79 Å². The summed E-state index contributed by atoms with van der Waals surface area (Å²) in [6.07, 6.45) is -0.214. The predicted octanol–water partition coefficient (Wildman–Crippen LogP) is 2.65. The number of amides is 1. The summed E-state index contributed by atoms with van der Waals surface area (Å²) in [6, 6.07) is 19.1. The Balaban J connectivity index is 2.08. The van der Waals surface area contributed by atoms with Gasteiger partial charge in [-0.25, -0.2) is 5.48 Å². The molecule has 0 aliphatic heterocycles. The van der Waals surface area contributed by atoms with Crippen LogP contribution in [0.4, 0.5) is 0 Å². The lowest BCUT2D eigenvalue weighted by Crippen LogP contribution is -2.33. The highest BCUT2D eigenvalue weighted by Gasteiger charge is 2.18. The number of likely N-dealkylation sites (N-methyl/N-ethyl adjacent to an activating group) is 1. The van der Waals surface area contributed by atoms with Crippen molar-refractivity contribution >= 4 is 5.91 Å². The summed E-state index contributed by atoms with van der Waals surface area (Å²) in [5.74, 6) is -0.0174. The van der Waals surface area contributed by atoms with Crippen molar-refractivity contribution < 1.29 is 9.63 Å². The van der Waals surface area contributed by atoms with Crippen LogP contribution in [0.5, 0.6) is 0 Å². The third-order valence-corrected chi connectivity index (χ3v) is 3.24. The van der Waals surface area contributed by atoms with E-state index < -0.39 is 0 Å². The van der Waals surface area contributed by atoms with E-state index in [1.54, 1.807) is 19.0 Å². The fourth-order valence-corrected chi connectivity index (χ4v) is 2.15. The van der Waals surface area contributed by atoms with Gasteiger partial charge in [0, 0.05) is 19.7 Å². The van der Waals surface area contributed by atoms with Gasteiger partial charge in [-0.2, -0.15) is 0 Å². The van der Waals surface area contributed by atoms with Crippen LogP contribution in [-0.4, -0.2) is 31.4 Å². The molecule has 0 saturated carbocycles. The molecule has 0 aromatic heterocycles. The molecule has 0 spiro atoms. The summed E-state index contributed by atoms with van der Waals surface area (Å²) in [4.78, 5) is 19.6. The highest BCUT2D eigenvalue weighted by atomic mass is 16.7. The number of hydroxylamine groups is 1. The molecule has 110 valence electrons. The zero-order chi connectivity index (χ0) is 15.1. The van der Waals surface area contributed by atoms with Crippen molar-refractivity contribution in [1.29, 1.82) is 0 Å². The van der Waals surface area contributed by atoms with E-state index >= 15 is 0 Å². The number of nitrogens with one attached hydrogen (secondary N) is 1. The van der Waals surface area contributed by atoms with Crippen molar-refractivity contribution in [2.24, 2.45) is 0 Å². The second-order valence-corrected chi connectivity index (χ2v) is 4.77. The van der Waals surface area contributed by atoms with Crippen molar-refractivity contribution in [1.82, 2.24) is 10.4 Å². The Morgan fingerprint density at radius 1 is 1.10 bits per heavy atom. The lowest BCUT2D eigenvalue weighted by atomic mass is 10.1. The lowest BCUT2D eigenvalue weighted by molar-refractivity contribution is -0.0258. The first-order valence-corrected chi connectivity index (χ1v) is 6.90.